The number of methoxy groups -OCH3 is 3. The van der Waals surface area contributed by atoms with Gasteiger partial charge in [0, 0.05) is 5.56 Å². The lowest BCUT2D eigenvalue weighted by molar-refractivity contribution is -0.123. The maximum absolute atomic E-state index is 12.1. The number of hydrazone groups is 1. The minimum absolute atomic E-state index is 0.0577. The van der Waals surface area contributed by atoms with Gasteiger partial charge in [-0.1, -0.05) is 32.9 Å². The van der Waals surface area contributed by atoms with Gasteiger partial charge >= 0.3 is 0 Å². The standard InChI is InChI=1S/C23H30N2O5/c1-15-10-17(23(2,3)4)8-9-18(15)30-14-21(26)25-24-13-16-11-19(27-5)22(29-7)20(12-16)28-6/h8-13H,14H2,1-7H3,(H,25,26)/b24-13+. The summed E-state index contributed by atoms with van der Waals surface area (Å²) in [6.45, 7) is 8.29. The van der Waals surface area contributed by atoms with Crippen molar-refractivity contribution in [1.29, 1.82) is 0 Å². The molecule has 0 spiro atoms. The van der Waals surface area contributed by atoms with Crippen LogP contribution in [0.4, 0.5) is 0 Å². The van der Waals surface area contributed by atoms with E-state index in [1.807, 2.05) is 19.1 Å². The molecule has 0 saturated carbocycles. The molecule has 0 unspecified atom stereocenters. The molecule has 0 bridgehead atoms. The second-order valence-electron chi connectivity index (χ2n) is 7.77. The van der Waals surface area contributed by atoms with Crippen molar-refractivity contribution in [3.05, 3.63) is 47.0 Å². The third kappa shape index (κ3) is 5.89. The molecule has 0 aliphatic rings. The number of hydrogen-bond donors (Lipinski definition) is 1. The van der Waals surface area contributed by atoms with Crippen LogP contribution in [0.2, 0.25) is 0 Å². The van der Waals surface area contributed by atoms with Crippen LogP contribution in [0.3, 0.4) is 0 Å². The Morgan fingerprint density at radius 3 is 2.13 bits per heavy atom. The summed E-state index contributed by atoms with van der Waals surface area (Å²) in [5, 5.41) is 3.97. The summed E-state index contributed by atoms with van der Waals surface area (Å²) in [4.78, 5) is 12.1. The molecule has 0 atom stereocenters. The summed E-state index contributed by atoms with van der Waals surface area (Å²) in [5.41, 5.74) is 5.39. The molecule has 0 heterocycles. The lowest BCUT2D eigenvalue weighted by atomic mass is 9.86. The third-order valence-corrected chi connectivity index (χ3v) is 4.49. The lowest BCUT2D eigenvalue weighted by Crippen LogP contribution is -2.24. The fourth-order valence-corrected chi connectivity index (χ4v) is 2.81. The van der Waals surface area contributed by atoms with E-state index in [2.05, 4.69) is 37.4 Å². The highest BCUT2D eigenvalue weighted by Gasteiger charge is 2.15. The average molecular weight is 415 g/mol. The van der Waals surface area contributed by atoms with Crippen LogP contribution in [0, 0.1) is 6.92 Å². The Labute approximate surface area is 178 Å². The van der Waals surface area contributed by atoms with Gasteiger partial charge in [0.2, 0.25) is 5.75 Å². The lowest BCUT2D eigenvalue weighted by Gasteiger charge is -2.20. The van der Waals surface area contributed by atoms with Crippen LogP contribution in [-0.2, 0) is 10.2 Å². The fraction of sp³-hybridized carbons (Fsp3) is 0.391. The Balaban J connectivity index is 1.97. The van der Waals surface area contributed by atoms with Crippen molar-refractivity contribution >= 4 is 12.1 Å². The van der Waals surface area contributed by atoms with Crippen molar-refractivity contribution in [2.45, 2.75) is 33.1 Å². The van der Waals surface area contributed by atoms with E-state index in [0.717, 1.165) is 5.56 Å². The number of hydrogen-bond acceptors (Lipinski definition) is 6. The Hall–Kier alpha value is -3.22. The second-order valence-corrected chi connectivity index (χ2v) is 7.77. The van der Waals surface area contributed by atoms with Gasteiger partial charge in [0.1, 0.15) is 5.75 Å². The zero-order chi connectivity index (χ0) is 22.3. The number of aryl methyl sites for hydroxylation is 1. The number of carbonyl (C=O) groups is 1. The van der Waals surface area contributed by atoms with Gasteiger partial charge in [0.25, 0.3) is 5.91 Å². The monoisotopic (exact) mass is 414 g/mol. The quantitative estimate of drug-likeness (QED) is 0.524. The zero-order valence-electron chi connectivity index (χ0n) is 18.7. The average Bonchev–Trinajstić information content (AvgIpc) is 2.71. The number of carbonyl (C=O) groups excluding carboxylic acids is 1. The van der Waals surface area contributed by atoms with Gasteiger partial charge in [-0.3, -0.25) is 4.79 Å². The first kappa shape index (κ1) is 23.1. The van der Waals surface area contributed by atoms with Crippen LogP contribution in [0.15, 0.2) is 35.4 Å². The van der Waals surface area contributed by atoms with E-state index in [0.29, 0.717) is 28.6 Å². The molecule has 1 amide bonds. The third-order valence-electron chi connectivity index (χ3n) is 4.49. The maximum atomic E-state index is 12.1. The number of amides is 1. The van der Waals surface area contributed by atoms with Crippen LogP contribution in [0.1, 0.15) is 37.5 Å². The van der Waals surface area contributed by atoms with E-state index in [9.17, 15) is 4.79 Å². The van der Waals surface area contributed by atoms with Gasteiger partial charge in [0.15, 0.2) is 18.1 Å². The topological polar surface area (TPSA) is 78.4 Å². The molecule has 7 nitrogen and oxygen atoms in total. The number of ether oxygens (including phenoxy) is 4. The predicted octanol–water partition coefficient (Wildman–Crippen LogP) is 3.85. The van der Waals surface area contributed by atoms with Crippen molar-refractivity contribution in [3.8, 4) is 23.0 Å². The van der Waals surface area contributed by atoms with Crippen molar-refractivity contribution in [1.82, 2.24) is 5.43 Å². The van der Waals surface area contributed by atoms with Gasteiger partial charge in [-0.05, 0) is 41.7 Å². The van der Waals surface area contributed by atoms with Gasteiger partial charge < -0.3 is 18.9 Å². The highest BCUT2D eigenvalue weighted by Crippen LogP contribution is 2.37. The summed E-state index contributed by atoms with van der Waals surface area (Å²) < 4.78 is 21.5. The molecule has 0 aromatic heterocycles. The first-order valence-corrected chi connectivity index (χ1v) is 9.55. The van der Waals surface area contributed by atoms with Crippen molar-refractivity contribution in [2.75, 3.05) is 27.9 Å². The van der Waals surface area contributed by atoms with Crippen LogP contribution in [0.25, 0.3) is 0 Å². The minimum atomic E-state index is -0.363. The van der Waals surface area contributed by atoms with Crippen molar-refractivity contribution in [3.63, 3.8) is 0 Å². The number of nitrogens with zero attached hydrogens (tertiary/aromatic N) is 1. The number of nitrogens with one attached hydrogen (secondary N) is 1. The van der Waals surface area contributed by atoms with E-state index in [-0.39, 0.29) is 17.9 Å². The zero-order valence-corrected chi connectivity index (χ0v) is 18.7. The Kier molecular flexibility index (Phi) is 7.69. The van der Waals surface area contributed by atoms with Gasteiger partial charge in [-0.2, -0.15) is 5.10 Å². The predicted molar refractivity (Wildman–Crippen MR) is 117 cm³/mol. The van der Waals surface area contributed by atoms with Crippen LogP contribution in [0.5, 0.6) is 23.0 Å². The van der Waals surface area contributed by atoms with Crippen molar-refractivity contribution < 1.29 is 23.7 Å². The Bertz CT molecular complexity index is 891. The highest BCUT2D eigenvalue weighted by atomic mass is 16.5. The van der Waals surface area contributed by atoms with Crippen LogP contribution < -0.4 is 24.4 Å². The van der Waals surface area contributed by atoms with Crippen molar-refractivity contribution in [2.24, 2.45) is 5.10 Å². The summed E-state index contributed by atoms with van der Waals surface area (Å²) >= 11 is 0. The number of benzene rings is 2. The van der Waals surface area contributed by atoms with E-state index < -0.39 is 0 Å². The Morgan fingerprint density at radius 2 is 1.63 bits per heavy atom. The normalized spacial score (nSPS) is 11.3. The Morgan fingerprint density at radius 1 is 1.00 bits per heavy atom. The molecule has 1 N–H and O–H groups in total. The molecular formula is C23H30N2O5. The molecular weight excluding hydrogens is 384 g/mol. The summed E-state index contributed by atoms with van der Waals surface area (Å²) in [6.07, 6.45) is 1.49. The van der Waals surface area contributed by atoms with Gasteiger partial charge in [-0.25, -0.2) is 5.43 Å². The van der Waals surface area contributed by atoms with Crippen LogP contribution >= 0.6 is 0 Å². The molecule has 0 radical (unpaired) electrons. The molecule has 0 aliphatic heterocycles. The summed E-state index contributed by atoms with van der Waals surface area (Å²) in [5.74, 6) is 1.80. The molecule has 162 valence electrons. The first-order valence-electron chi connectivity index (χ1n) is 9.55. The molecule has 2 aromatic rings. The molecule has 30 heavy (non-hydrogen) atoms. The smallest absolute Gasteiger partial charge is 0.277 e. The second kappa shape index (κ2) is 10.0. The molecule has 0 saturated heterocycles. The number of rotatable bonds is 8. The summed E-state index contributed by atoms with van der Waals surface area (Å²) in [6, 6.07) is 9.45. The van der Waals surface area contributed by atoms with Crippen LogP contribution in [-0.4, -0.2) is 40.1 Å². The first-order chi connectivity index (χ1) is 14.2. The van der Waals surface area contributed by atoms with Gasteiger partial charge in [-0.15, -0.1) is 0 Å². The van der Waals surface area contributed by atoms with E-state index in [4.69, 9.17) is 18.9 Å². The fourth-order valence-electron chi connectivity index (χ4n) is 2.81. The maximum Gasteiger partial charge on any atom is 0.277 e. The molecule has 2 aromatic carbocycles. The summed E-state index contributed by atoms with van der Waals surface area (Å²) in [7, 11) is 4.60. The van der Waals surface area contributed by atoms with Gasteiger partial charge in [0.05, 0.1) is 27.5 Å². The van der Waals surface area contributed by atoms with E-state index >= 15 is 0 Å². The SMILES string of the molecule is COc1cc(/C=N/NC(=O)COc2ccc(C(C)(C)C)cc2C)cc(OC)c1OC. The molecule has 0 aliphatic carbocycles. The largest absolute Gasteiger partial charge is 0.493 e. The minimum Gasteiger partial charge on any atom is -0.493 e. The molecule has 7 heteroatoms. The van der Waals surface area contributed by atoms with E-state index in [1.165, 1.54) is 33.1 Å². The molecule has 2 rings (SSSR count). The highest BCUT2D eigenvalue weighted by molar-refractivity contribution is 5.84. The van der Waals surface area contributed by atoms with E-state index in [1.54, 1.807) is 12.1 Å². The molecule has 0 fully saturated rings.